The Morgan fingerprint density at radius 1 is 1.12 bits per heavy atom. The highest BCUT2D eigenvalue weighted by Gasteiger charge is 2.24. The van der Waals surface area contributed by atoms with Crippen LogP contribution in [0.25, 0.3) is 0 Å². The van der Waals surface area contributed by atoms with Crippen molar-refractivity contribution >= 4 is 39.9 Å². The summed E-state index contributed by atoms with van der Waals surface area (Å²) in [5, 5.41) is 4.01. The van der Waals surface area contributed by atoms with Gasteiger partial charge >= 0.3 is 0 Å². The van der Waals surface area contributed by atoms with Crippen molar-refractivity contribution in [2.75, 3.05) is 5.32 Å². The maximum Gasteiger partial charge on any atom is 0.256 e. The number of thiophene rings is 1. The molecule has 2 amide bonds. The first-order chi connectivity index (χ1) is 12.5. The van der Waals surface area contributed by atoms with Crippen molar-refractivity contribution in [3.8, 4) is 0 Å². The molecule has 0 aliphatic heterocycles. The fourth-order valence-corrected chi connectivity index (χ4v) is 5.35. The van der Waals surface area contributed by atoms with Crippen molar-refractivity contribution in [3.63, 3.8) is 0 Å². The van der Waals surface area contributed by atoms with E-state index in [-0.39, 0.29) is 5.91 Å². The fraction of sp³-hybridized carbons (Fsp3) is 0.400. The maximum atomic E-state index is 12.6. The van der Waals surface area contributed by atoms with Crippen LogP contribution in [0.3, 0.4) is 0 Å². The second-order valence-corrected chi connectivity index (χ2v) is 9.53. The van der Waals surface area contributed by atoms with Crippen molar-refractivity contribution in [3.05, 3.63) is 45.8 Å². The molecule has 3 rings (SSSR count). The monoisotopic (exact) mass is 388 g/mol. The molecular formula is C20H24N2O2S2. The summed E-state index contributed by atoms with van der Waals surface area (Å²) < 4.78 is 0. The number of carbonyl (C=O) groups excluding carboxylic acids is 2. The molecule has 0 unspecified atom stereocenters. The van der Waals surface area contributed by atoms with Crippen LogP contribution in [0, 0.1) is 0 Å². The molecule has 0 spiro atoms. The summed E-state index contributed by atoms with van der Waals surface area (Å²) in [6.07, 6.45) is 5.17. The number of fused-ring (bicyclic) bond motifs is 1. The summed E-state index contributed by atoms with van der Waals surface area (Å²) >= 11 is 3.26. The molecule has 1 aromatic heterocycles. The van der Waals surface area contributed by atoms with E-state index in [1.54, 1.807) is 11.8 Å². The Morgan fingerprint density at radius 3 is 2.46 bits per heavy atom. The van der Waals surface area contributed by atoms with Gasteiger partial charge in [0.1, 0.15) is 5.00 Å². The topological polar surface area (TPSA) is 72.2 Å². The third-order valence-electron chi connectivity index (χ3n) is 4.38. The number of hydrogen-bond donors (Lipinski definition) is 2. The Bertz CT molecular complexity index is 810. The number of primary amides is 1. The lowest BCUT2D eigenvalue weighted by molar-refractivity contribution is 0.100. The fourth-order valence-electron chi connectivity index (χ4n) is 3.22. The van der Waals surface area contributed by atoms with E-state index in [0.29, 0.717) is 21.4 Å². The average Bonchev–Trinajstić information content (AvgIpc) is 2.76. The number of nitrogens with one attached hydrogen (secondary N) is 1. The molecule has 6 heteroatoms. The molecule has 0 bridgehead atoms. The van der Waals surface area contributed by atoms with E-state index >= 15 is 0 Å². The highest BCUT2D eigenvalue weighted by molar-refractivity contribution is 7.99. The highest BCUT2D eigenvalue weighted by Crippen LogP contribution is 2.37. The van der Waals surface area contributed by atoms with Crippen LogP contribution in [0.15, 0.2) is 29.2 Å². The van der Waals surface area contributed by atoms with Crippen molar-refractivity contribution < 1.29 is 9.59 Å². The van der Waals surface area contributed by atoms with E-state index < -0.39 is 5.91 Å². The first-order valence-electron chi connectivity index (χ1n) is 8.98. The van der Waals surface area contributed by atoms with E-state index in [1.807, 2.05) is 24.3 Å². The summed E-state index contributed by atoms with van der Waals surface area (Å²) in [6, 6.07) is 7.56. The zero-order valence-corrected chi connectivity index (χ0v) is 16.8. The van der Waals surface area contributed by atoms with Crippen molar-refractivity contribution in [1.29, 1.82) is 0 Å². The molecule has 138 valence electrons. The van der Waals surface area contributed by atoms with Crippen LogP contribution >= 0.6 is 23.1 Å². The molecule has 2 aromatic rings. The van der Waals surface area contributed by atoms with Gasteiger partial charge in [-0.05, 0) is 55.5 Å². The molecule has 0 fully saturated rings. The number of thioether (sulfide) groups is 1. The minimum atomic E-state index is -0.455. The first kappa shape index (κ1) is 19.0. The predicted molar refractivity (Wildman–Crippen MR) is 109 cm³/mol. The standard InChI is InChI=1S/C20H24N2O2S2/c1-12(2)25-14-10-8-13(9-11-14)19(24)22-20-17(18(21)23)15-6-4-3-5-7-16(15)26-20/h8-12H,3-7H2,1-2H3,(H2,21,23)(H,22,24). The minimum Gasteiger partial charge on any atom is -0.365 e. The molecule has 4 nitrogen and oxygen atoms in total. The van der Waals surface area contributed by atoms with Crippen LogP contribution in [0.2, 0.25) is 0 Å². The number of aryl methyl sites for hydroxylation is 1. The summed E-state index contributed by atoms with van der Waals surface area (Å²) in [6.45, 7) is 4.27. The minimum absolute atomic E-state index is 0.204. The molecule has 1 aromatic carbocycles. The smallest absolute Gasteiger partial charge is 0.256 e. The molecule has 26 heavy (non-hydrogen) atoms. The molecule has 1 heterocycles. The van der Waals surface area contributed by atoms with Crippen molar-refractivity contribution in [2.45, 2.75) is 56.1 Å². The third-order valence-corrected chi connectivity index (χ3v) is 6.61. The van der Waals surface area contributed by atoms with Gasteiger partial charge in [-0.1, -0.05) is 20.3 Å². The van der Waals surface area contributed by atoms with Gasteiger partial charge in [-0.2, -0.15) is 0 Å². The first-order valence-corrected chi connectivity index (χ1v) is 10.7. The Hall–Kier alpha value is -1.79. The third kappa shape index (κ3) is 4.30. The van der Waals surface area contributed by atoms with Crippen molar-refractivity contribution in [2.24, 2.45) is 5.73 Å². The lowest BCUT2D eigenvalue weighted by Crippen LogP contribution is -2.18. The van der Waals surface area contributed by atoms with Gasteiger partial charge in [0, 0.05) is 20.6 Å². The highest BCUT2D eigenvalue weighted by atomic mass is 32.2. The SMILES string of the molecule is CC(C)Sc1ccc(C(=O)Nc2sc3c(c2C(N)=O)CCCCC3)cc1. The summed E-state index contributed by atoms with van der Waals surface area (Å²) in [4.78, 5) is 27.0. The Labute approximate surface area is 162 Å². The number of nitrogens with two attached hydrogens (primary N) is 1. The zero-order valence-electron chi connectivity index (χ0n) is 15.1. The number of benzene rings is 1. The molecule has 0 saturated heterocycles. The van der Waals surface area contributed by atoms with E-state index in [0.717, 1.165) is 36.1 Å². The van der Waals surface area contributed by atoms with Crippen molar-refractivity contribution in [1.82, 2.24) is 0 Å². The quantitative estimate of drug-likeness (QED) is 0.567. The molecule has 1 aliphatic rings. The molecule has 0 saturated carbocycles. The molecule has 0 radical (unpaired) electrons. The van der Waals surface area contributed by atoms with Crippen LogP contribution in [0.5, 0.6) is 0 Å². The Morgan fingerprint density at radius 2 is 1.81 bits per heavy atom. The Kier molecular flexibility index (Phi) is 6.04. The molecule has 0 atom stereocenters. The predicted octanol–water partition coefficient (Wildman–Crippen LogP) is 4.87. The number of rotatable bonds is 5. The van der Waals surface area contributed by atoms with Gasteiger partial charge in [-0.15, -0.1) is 23.1 Å². The number of amides is 2. The molecular weight excluding hydrogens is 364 g/mol. The van der Waals surface area contributed by atoms with Gasteiger partial charge in [-0.3, -0.25) is 9.59 Å². The second kappa shape index (κ2) is 8.27. The second-order valence-electron chi connectivity index (χ2n) is 6.78. The van der Waals surface area contributed by atoms with Gasteiger partial charge < -0.3 is 11.1 Å². The van der Waals surface area contributed by atoms with E-state index in [9.17, 15) is 9.59 Å². The van der Waals surface area contributed by atoms with Gasteiger partial charge in [0.2, 0.25) is 0 Å². The van der Waals surface area contributed by atoms with Gasteiger partial charge in [0.15, 0.2) is 0 Å². The van der Waals surface area contributed by atoms with Crippen LogP contribution in [0.1, 0.15) is 64.3 Å². The van der Waals surface area contributed by atoms with Crippen LogP contribution < -0.4 is 11.1 Å². The largest absolute Gasteiger partial charge is 0.365 e. The lowest BCUT2D eigenvalue weighted by atomic mass is 10.1. The average molecular weight is 389 g/mol. The van der Waals surface area contributed by atoms with Gasteiger partial charge in [0.05, 0.1) is 5.56 Å². The Balaban J connectivity index is 1.82. The zero-order chi connectivity index (χ0) is 18.7. The van der Waals surface area contributed by atoms with Crippen LogP contribution in [-0.4, -0.2) is 17.1 Å². The van der Waals surface area contributed by atoms with Gasteiger partial charge in [-0.25, -0.2) is 0 Å². The number of anilines is 1. The van der Waals surface area contributed by atoms with Gasteiger partial charge in [0.25, 0.3) is 11.8 Å². The normalized spacial score (nSPS) is 14.0. The summed E-state index contributed by atoms with van der Waals surface area (Å²) in [5.41, 5.74) is 7.76. The molecule has 1 aliphatic carbocycles. The van der Waals surface area contributed by atoms with E-state index in [1.165, 1.54) is 22.6 Å². The molecule has 3 N–H and O–H groups in total. The van der Waals surface area contributed by atoms with Crippen LogP contribution in [-0.2, 0) is 12.8 Å². The number of hydrogen-bond acceptors (Lipinski definition) is 4. The summed E-state index contributed by atoms with van der Waals surface area (Å²) in [7, 11) is 0. The van der Waals surface area contributed by atoms with E-state index in [4.69, 9.17) is 5.73 Å². The van der Waals surface area contributed by atoms with E-state index in [2.05, 4.69) is 19.2 Å². The summed E-state index contributed by atoms with van der Waals surface area (Å²) in [5.74, 6) is -0.659. The lowest BCUT2D eigenvalue weighted by Gasteiger charge is -2.08. The maximum absolute atomic E-state index is 12.6. The van der Waals surface area contributed by atoms with Crippen LogP contribution in [0.4, 0.5) is 5.00 Å². The number of carbonyl (C=O) groups is 2.